The van der Waals surface area contributed by atoms with Gasteiger partial charge in [0.1, 0.15) is 11.8 Å². The fourth-order valence-corrected chi connectivity index (χ4v) is 4.23. The van der Waals surface area contributed by atoms with Gasteiger partial charge in [-0.3, -0.25) is 4.79 Å². The number of halogens is 6. The van der Waals surface area contributed by atoms with Crippen molar-refractivity contribution < 1.29 is 27.1 Å². The predicted octanol–water partition coefficient (Wildman–Crippen LogP) is 4.20. The van der Waals surface area contributed by atoms with Crippen LogP contribution in [0.4, 0.5) is 17.6 Å². The Morgan fingerprint density at radius 3 is 2.67 bits per heavy atom. The topological polar surface area (TPSA) is 82.5 Å². The van der Waals surface area contributed by atoms with Crippen molar-refractivity contribution in [3.8, 4) is 0 Å². The van der Waals surface area contributed by atoms with Gasteiger partial charge in [0.05, 0.1) is 11.2 Å². The molecule has 1 aromatic heterocycles. The van der Waals surface area contributed by atoms with Crippen LogP contribution >= 0.6 is 23.2 Å². The van der Waals surface area contributed by atoms with Gasteiger partial charge in [0.2, 0.25) is 0 Å². The second kappa shape index (κ2) is 7.42. The maximum atomic E-state index is 14.2. The lowest BCUT2D eigenvalue weighted by molar-refractivity contribution is 0.0196. The van der Waals surface area contributed by atoms with Gasteiger partial charge in [-0.05, 0) is 18.1 Å². The first-order valence-electron chi connectivity index (χ1n) is 8.78. The number of hydrogen-bond donors (Lipinski definition) is 1. The number of nitrogens with two attached hydrogens (primary N) is 1. The third-order valence-electron chi connectivity index (χ3n) is 5.18. The Morgan fingerprint density at radius 2 is 2.03 bits per heavy atom. The van der Waals surface area contributed by atoms with Gasteiger partial charge >= 0.3 is 6.55 Å². The Bertz CT molecular complexity index is 1050. The molecule has 2 N–H and O–H groups in total. The van der Waals surface area contributed by atoms with Crippen LogP contribution in [0.3, 0.4) is 0 Å². The summed E-state index contributed by atoms with van der Waals surface area (Å²) in [5, 5.41) is 3.29. The molecule has 0 amide bonds. The normalized spacial score (nSPS) is 25.1. The molecule has 1 aliphatic carbocycles. The van der Waals surface area contributed by atoms with Gasteiger partial charge in [0.15, 0.2) is 11.3 Å². The number of fused-ring (bicyclic) bond motifs is 1. The minimum atomic E-state index is -2.96. The summed E-state index contributed by atoms with van der Waals surface area (Å²) in [6.45, 7) is -2.96. The number of hydrogen-bond acceptors (Lipinski definition) is 5. The van der Waals surface area contributed by atoms with E-state index in [-0.39, 0.29) is 38.4 Å². The maximum Gasteiger partial charge on any atom is 0.333 e. The van der Waals surface area contributed by atoms with Crippen molar-refractivity contribution in [2.75, 3.05) is 0 Å². The van der Waals surface area contributed by atoms with E-state index in [1.165, 1.54) is 18.2 Å². The van der Waals surface area contributed by atoms with Crippen molar-refractivity contribution in [3.63, 3.8) is 0 Å². The fraction of sp³-hybridized carbons (Fsp3) is 0.389. The fourth-order valence-electron chi connectivity index (χ4n) is 3.72. The van der Waals surface area contributed by atoms with Crippen LogP contribution in [0.1, 0.15) is 34.6 Å². The number of aliphatic imine (C=N–C) groups is 1. The van der Waals surface area contributed by atoms with Gasteiger partial charge in [-0.15, -0.1) is 0 Å². The zero-order chi connectivity index (χ0) is 21.8. The quantitative estimate of drug-likeness (QED) is 0.512. The Hall–Kier alpha value is -2.33. The van der Waals surface area contributed by atoms with E-state index < -0.39 is 36.3 Å². The summed E-state index contributed by atoms with van der Waals surface area (Å²) in [4.78, 5) is 16.4. The molecule has 160 valence electrons. The molecule has 0 spiro atoms. The van der Waals surface area contributed by atoms with E-state index in [1.807, 2.05) is 0 Å². The molecule has 12 heteroatoms. The van der Waals surface area contributed by atoms with Crippen molar-refractivity contribution in [3.05, 3.63) is 51.3 Å². The number of ether oxygens (including phenoxy) is 1. The molecule has 0 radical (unpaired) electrons. The van der Waals surface area contributed by atoms with Gasteiger partial charge in [-0.1, -0.05) is 35.3 Å². The van der Waals surface area contributed by atoms with Crippen molar-refractivity contribution in [1.82, 2.24) is 9.78 Å². The van der Waals surface area contributed by atoms with Crippen LogP contribution in [0.15, 0.2) is 29.4 Å². The summed E-state index contributed by atoms with van der Waals surface area (Å²) in [6.07, 6.45) is -2.53. The monoisotopic (exact) mass is 464 g/mol. The van der Waals surface area contributed by atoms with Crippen LogP contribution in [-0.2, 0) is 16.7 Å². The molecule has 2 aliphatic rings. The van der Waals surface area contributed by atoms with Crippen LogP contribution in [0.5, 0.6) is 0 Å². The molecule has 0 bridgehead atoms. The summed E-state index contributed by atoms with van der Waals surface area (Å²) in [5.41, 5.74) is 3.61. The third kappa shape index (κ3) is 3.41. The highest BCUT2D eigenvalue weighted by atomic mass is 35.5. The molecule has 30 heavy (non-hydrogen) atoms. The molecule has 1 aromatic carbocycles. The van der Waals surface area contributed by atoms with Crippen LogP contribution in [0.25, 0.3) is 0 Å². The summed E-state index contributed by atoms with van der Waals surface area (Å²) in [6, 6.07) is 3.84. The van der Waals surface area contributed by atoms with Gasteiger partial charge < -0.3 is 10.5 Å². The number of amidine groups is 1. The van der Waals surface area contributed by atoms with Gasteiger partial charge in [0, 0.05) is 22.9 Å². The van der Waals surface area contributed by atoms with Crippen LogP contribution < -0.4 is 5.73 Å². The lowest BCUT2D eigenvalue weighted by atomic mass is 9.83. The van der Waals surface area contributed by atoms with E-state index in [9.17, 15) is 22.4 Å². The maximum absolute atomic E-state index is 14.2. The first kappa shape index (κ1) is 20.9. The molecule has 0 unspecified atom stereocenters. The van der Waals surface area contributed by atoms with Crippen molar-refractivity contribution in [2.24, 2.45) is 16.6 Å². The first-order chi connectivity index (χ1) is 14.1. The summed E-state index contributed by atoms with van der Waals surface area (Å²) in [7, 11) is 0. The van der Waals surface area contributed by atoms with E-state index in [4.69, 9.17) is 33.7 Å². The summed E-state index contributed by atoms with van der Waals surface area (Å²) < 4.78 is 59.5. The molecular weight excluding hydrogens is 451 g/mol. The zero-order valence-electron chi connectivity index (χ0n) is 15.0. The van der Waals surface area contributed by atoms with E-state index in [0.29, 0.717) is 12.0 Å². The first-order valence-corrected chi connectivity index (χ1v) is 9.54. The molecule has 0 saturated heterocycles. The largest absolute Gasteiger partial charge is 0.462 e. The molecule has 4 rings (SSSR count). The smallest absolute Gasteiger partial charge is 0.333 e. The summed E-state index contributed by atoms with van der Waals surface area (Å²) >= 11 is 12.1. The van der Waals surface area contributed by atoms with Crippen molar-refractivity contribution in [2.45, 2.75) is 37.5 Å². The standard InChI is InChI=1S/C18H14Cl2F4N4O2/c19-10-2-1-7(4-12(29)14-11(20)6-28(27-14)16(23)24)3-8(10)18(15(21)22)9-5-13(9)30-17(25)26-18/h1-3,6,9,13,15-16H,4-5H2,(H2,25,26)/t9-,13+,18+/m0/s1. The molecular formula is C18H14Cl2F4N4O2. The van der Waals surface area contributed by atoms with Gasteiger partial charge in [0.25, 0.3) is 12.4 Å². The SMILES string of the molecule is NC1=N[C@@](c2cc(CC(=O)c3nn(C(F)F)cc3Cl)ccc2Cl)(C(F)F)[C@H]2C[C@H]2O1. The molecule has 3 atom stereocenters. The molecule has 1 aliphatic heterocycles. The number of rotatable bonds is 6. The number of benzene rings is 1. The molecule has 1 saturated carbocycles. The van der Waals surface area contributed by atoms with E-state index in [1.54, 1.807) is 0 Å². The average molecular weight is 465 g/mol. The minimum absolute atomic E-state index is 0.0208. The minimum Gasteiger partial charge on any atom is -0.462 e. The second-order valence-corrected chi connectivity index (χ2v) is 7.89. The van der Waals surface area contributed by atoms with Gasteiger partial charge in [-0.25, -0.2) is 18.5 Å². The number of carbonyl (C=O) groups is 1. The van der Waals surface area contributed by atoms with Gasteiger partial charge in [-0.2, -0.15) is 13.9 Å². The molecule has 1 fully saturated rings. The highest BCUT2D eigenvalue weighted by molar-refractivity contribution is 6.33. The third-order valence-corrected chi connectivity index (χ3v) is 5.78. The highest BCUT2D eigenvalue weighted by Gasteiger charge is 2.64. The van der Waals surface area contributed by atoms with E-state index in [0.717, 1.165) is 6.20 Å². The van der Waals surface area contributed by atoms with E-state index >= 15 is 0 Å². The van der Waals surface area contributed by atoms with Crippen LogP contribution in [0.2, 0.25) is 10.0 Å². The number of ketones is 1. The van der Waals surface area contributed by atoms with Crippen molar-refractivity contribution in [1.29, 1.82) is 0 Å². The zero-order valence-corrected chi connectivity index (χ0v) is 16.5. The van der Waals surface area contributed by atoms with Crippen molar-refractivity contribution >= 4 is 35.0 Å². The lowest BCUT2D eigenvalue weighted by Crippen LogP contribution is -2.43. The number of alkyl halides is 4. The highest BCUT2D eigenvalue weighted by Crippen LogP contribution is 2.56. The molecule has 2 aromatic rings. The number of carbonyl (C=O) groups excluding carboxylic acids is 1. The Labute approximate surface area is 177 Å². The number of nitrogens with zero attached hydrogens (tertiary/aromatic N) is 3. The Morgan fingerprint density at radius 1 is 1.30 bits per heavy atom. The molecule has 6 nitrogen and oxygen atoms in total. The number of aromatic nitrogens is 2. The summed E-state index contributed by atoms with van der Waals surface area (Å²) in [5.74, 6) is -1.26. The van der Waals surface area contributed by atoms with Crippen LogP contribution in [-0.4, -0.2) is 34.1 Å². The average Bonchev–Trinajstić information content (AvgIpc) is 3.34. The lowest BCUT2D eigenvalue weighted by Gasteiger charge is -2.33. The number of Topliss-reactive ketones (excluding diaryl/α,β-unsaturated/α-hetero) is 1. The predicted molar refractivity (Wildman–Crippen MR) is 100 cm³/mol. The van der Waals surface area contributed by atoms with Crippen LogP contribution in [0, 0.1) is 5.92 Å². The van der Waals surface area contributed by atoms with E-state index in [2.05, 4.69) is 10.1 Å². The molecule has 2 heterocycles. The Kier molecular flexibility index (Phi) is 5.17. The second-order valence-electron chi connectivity index (χ2n) is 7.07. The Balaban J connectivity index is 1.69.